The van der Waals surface area contributed by atoms with Gasteiger partial charge in [0.1, 0.15) is 0 Å². The number of nitrogens with two attached hydrogens (primary N) is 1. The lowest BCUT2D eigenvalue weighted by atomic mass is 10.3. The Morgan fingerprint density at radius 1 is 1.25 bits per heavy atom. The predicted molar refractivity (Wildman–Crippen MR) is 47.3 cm³/mol. The highest BCUT2D eigenvalue weighted by Gasteiger charge is 2.13. The minimum absolute atomic E-state index is 0.608. The molecule has 0 atom stereocenters. The largest absolute Gasteiger partial charge is 0.399 e. The van der Waals surface area contributed by atoms with E-state index in [2.05, 4.69) is 5.32 Å². The number of hydrogen-bond acceptors (Lipinski definition) is 4. The van der Waals surface area contributed by atoms with Crippen LogP contribution in [-0.2, 0) is 0 Å². The first kappa shape index (κ1) is 8.83. The number of aliphatic hydroxyl groups is 2. The molecule has 0 amide bonds. The molecule has 0 aliphatic carbocycles. The zero-order valence-electron chi connectivity index (χ0n) is 6.78. The van der Waals surface area contributed by atoms with Crippen LogP contribution in [0.1, 0.15) is 6.92 Å². The van der Waals surface area contributed by atoms with Gasteiger partial charge in [0.05, 0.1) is 0 Å². The summed E-state index contributed by atoms with van der Waals surface area (Å²) in [6, 6.07) is 6.68. The maximum Gasteiger partial charge on any atom is 0.241 e. The normalized spacial score (nSPS) is 11.2. The Morgan fingerprint density at radius 3 is 2.17 bits per heavy atom. The number of nitrogen functional groups attached to an aromatic ring is 1. The number of hydrogen-bond donors (Lipinski definition) is 4. The summed E-state index contributed by atoms with van der Waals surface area (Å²) in [4.78, 5) is 0. The first-order valence-corrected chi connectivity index (χ1v) is 3.56. The summed E-state index contributed by atoms with van der Waals surface area (Å²) in [5, 5.41) is 20.4. The Morgan fingerprint density at radius 2 is 1.75 bits per heavy atom. The third-order valence-electron chi connectivity index (χ3n) is 1.29. The van der Waals surface area contributed by atoms with E-state index < -0.39 is 5.91 Å². The Balaban J connectivity index is 2.71. The molecule has 1 aromatic rings. The van der Waals surface area contributed by atoms with Crippen molar-refractivity contribution in [2.45, 2.75) is 12.8 Å². The summed E-state index contributed by atoms with van der Waals surface area (Å²) in [5.41, 5.74) is 6.68. The van der Waals surface area contributed by atoms with Crippen molar-refractivity contribution in [3.63, 3.8) is 0 Å². The molecule has 0 aliphatic rings. The fraction of sp³-hybridized carbons (Fsp3) is 0.250. The molecule has 0 aromatic heterocycles. The smallest absolute Gasteiger partial charge is 0.241 e. The van der Waals surface area contributed by atoms with Gasteiger partial charge < -0.3 is 21.3 Å². The van der Waals surface area contributed by atoms with Gasteiger partial charge in [-0.05, 0) is 24.3 Å². The highest BCUT2D eigenvalue weighted by molar-refractivity contribution is 5.51. The van der Waals surface area contributed by atoms with Crippen LogP contribution in [0, 0.1) is 0 Å². The highest BCUT2D eigenvalue weighted by Crippen LogP contribution is 2.13. The van der Waals surface area contributed by atoms with Crippen molar-refractivity contribution in [2.75, 3.05) is 11.1 Å². The fourth-order valence-electron chi connectivity index (χ4n) is 0.840. The third-order valence-corrected chi connectivity index (χ3v) is 1.29. The lowest BCUT2D eigenvalue weighted by Crippen LogP contribution is -2.33. The molecular formula is C8H12N2O2. The van der Waals surface area contributed by atoms with Crippen molar-refractivity contribution in [1.29, 1.82) is 0 Å². The molecule has 66 valence electrons. The molecule has 0 aliphatic heterocycles. The Bertz CT molecular complexity index is 251. The molecule has 4 nitrogen and oxygen atoms in total. The second kappa shape index (κ2) is 3.00. The van der Waals surface area contributed by atoms with Gasteiger partial charge in [-0.15, -0.1) is 0 Å². The summed E-state index contributed by atoms with van der Waals surface area (Å²) in [7, 11) is 0. The topological polar surface area (TPSA) is 78.5 Å². The van der Waals surface area contributed by atoms with Crippen molar-refractivity contribution >= 4 is 11.4 Å². The van der Waals surface area contributed by atoms with Crippen LogP contribution in [0.4, 0.5) is 11.4 Å². The Kier molecular flexibility index (Phi) is 2.21. The van der Waals surface area contributed by atoms with Crippen LogP contribution in [0.5, 0.6) is 0 Å². The van der Waals surface area contributed by atoms with Crippen molar-refractivity contribution in [3.8, 4) is 0 Å². The standard InChI is InChI=1S/C8H12N2O2/c1-8(11,12)10-7-4-2-6(9)3-5-7/h2-5,10-12H,9H2,1H3. The summed E-state index contributed by atoms with van der Waals surface area (Å²) < 4.78 is 0. The molecule has 0 radical (unpaired) electrons. The van der Waals surface area contributed by atoms with E-state index in [1.165, 1.54) is 6.92 Å². The van der Waals surface area contributed by atoms with E-state index in [-0.39, 0.29) is 0 Å². The fourth-order valence-corrected chi connectivity index (χ4v) is 0.840. The van der Waals surface area contributed by atoms with Gasteiger partial charge in [0.25, 0.3) is 0 Å². The molecule has 0 unspecified atom stereocenters. The molecule has 0 bridgehead atoms. The van der Waals surface area contributed by atoms with Gasteiger partial charge in [-0.25, -0.2) is 0 Å². The molecule has 12 heavy (non-hydrogen) atoms. The maximum absolute atomic E-state index is 8.95. The maximum atomic E-state index is 8.95. The minimum Gasteiger partial charge on any atom is -0.399 e. The van der Waals surface area contributed by atoms with E-state index >= 15 is 0 Å². The van der Waals surface area contributed by atoms with Gasteiger partial charge in [-0.2, -0.15) is 0 Å². The van der Waals surface area contributed by atoms with Gasteiger partial charge in [0.2, 0.25) is 5.91 Å². The second-order valence-corrected chi connectivity index (χ2v) is 2.77. The first-order valence-electron chi connectivity index (χ1n) is 3.56. The molecule has 0 fully saturated rings. The van der Waals surface area contributed by atoms with Crippen LogP contribution in [0.3, 0.4) is 0 Å². The molecule has 4 heteroatoms. The number of benzene rings is 1. The highest BCUT2D eigenvalue weighted by atomic mass is 16.5. The zero-order chi connectivity index (χ0) is 9.19. The number of anilines is 2. The molecule has 0 saturated heterocycles. The molecule has 0 heterocycles. The van der Waals surface area contributed by atoms with Gasteiger partial charge in [0.15, 0.2) is 0 Å². The van der Waals surface area contributed by atoms with Crippen LogP contribution in [0.2, 0.25) is 0 Å². The van der Waals surface area contributed by atoms with E-state index in [4.69, 9.17) is 15.9 Å². The average molecular weight is 168 g/mol. The van der Waals surface area contributed by atoms with Crippen molar-refractivity contribution in [2.24, 2.45) is 0 Å². The summed E-state index contributed by atoms with van der Waals surface area (Å²) in [6.45, 7) is 1.24. The summed E-state index contributed by atoms with van der Waals surface area (Å²) in [5.74, 6) is -1.89. The zero-order valence-corrected chi connectivity index (χ0v) is 6.78. The summed E-state index contributed by atoms with van der Waals surface area (Å²) >= 11 is 0. The minimum atomic E-state index is -1.89. The van der Waals surface area contributed by atoms with Gasteiger partial charge in [-0.1, -0.05) is 0 Å². The number of nitrogens with one attached hydrogen (secondary N) is 1. The molecule has 0 spiro atoms. The van der Waals surface area contributed by atoms with E-state index in [1.807, 2.05) is 0 Å². The third kappa shape index (κ3) is 2.77. The molecule has 1 aromatic carbocycles. The van der Waals surface area contributed by atoms with E-state index in [0.29, 0.717) is 11.4 Å². The van der Waals surface area contributed by atoms with Crippen LogP contribution >= 0.6 is 0 Å². The summed E-state index contributed by atoms with van der Waals surface area (Å²) in [6.07, 6.45) is 0. The number of rotatable bonds is 2. The van der Waals surface area contributed by atoms with Gasteiger partial charge in [0, 0.05) is 18.3 Å². The van der Waals surface area contributed by atoms with Crippen LogP contribution < -0.4 is 11.1 Å². The molecule has 5 N–H and O–H groups in total. The lowest BCUT2D eigenvalue weighted by molar-refractivity contribution is -0.118. The van der Waals surface area contributed by atoms with Gasteiger partial charge in [-0.3, -0.25) is 0 Å². The first-order chi connectivity index (χ1) is 5.47. The Hall–Kier alpha value is -1.26. The Labute approximate surface area is 70.6 Å². The van der Waals surface area contributed by atoms with Crippen LogP contribution in [0.15, 0.2) is 24.3 Å². The van der Waals surface area contributed by atoms with Crippen LogP contribution in [-0.4, -0.2) is 16.1 Å². The monoisotopic (exact) mass is 168 g/mol. The molecule has 0 saturated carbocycles. The molecule has 1 rings (SSSR count). The van der Waals surface area contributed by atoms with Crippen LogP contribution in [0.25, 0.3) is 0 Å². The van der Waals surface area contributed by atoms with Gasteiger partial charge >= 0.3 is 0 Å². The predicted octanol–water partition coefficient (Wildman–Crippen LogP) is 0.339. The SMILES string of the molecule is CC(O)(O)Nc1ccc(N)cc1. The quantitative estimate of drug-likeness (QED) is 0.379. The molecular weight excluding hydrogens is 156 g/mol. The van der Waals surface area contributed by atoms with E-state index in [0.717, 1.165) is 0 Å². The lowest BCUT2D eigenvalue weighted by Gasteiger charge is -2.18. The second-order valence-electron chi connectivity index (χ2n) is 2.77. The average Bonchev–Trinajstić information content (AvgIpc) is 1.91. The van der Waals surface area contributed by atoms with E-state index in [9.17, 15) is 0 Å². The van der Waals surface area contributed by atoms with E-state index in [1.54, 1.807) is 24.3 Å². The van der Waals surface area contributed by atoms with Crippen molar-refractivity contribution in [1.82, 2.24) is 0 Å². The van der Waals surface area contributed by atoms with Crippen molar-refractivity contribution < 1.29 is 10.2 Å². The van der Waals surface area contributed by atoms with Crippen molar-refractivity contribution in [3.05, 3.63) is 24.3 Å².